The molecule has 0 saturated carbocycles. The van der Waals surface area contributed by atoms with Crippen LogP contribution < -0.4 is 11.1 Å². The number of carbonyl (C=O) groups excluding carboxylic acids is 2. The van der Waals surface area contributed by atoms with Crippen molar-refractivity contribution < 1.29 is 9.59 Å². The van der Waals surface area contributed by atoms with E-state index in [1.807, 2.05) is 0 Å². The van der Waals surface area contributed by atoms with Gasteiger partial charge >= 0.3 is 0 Å². The maximum atomic E-state index is 11.7. The Kier molecular flexibility index (Phi) is 9.23. The molecule has 1 heterocycles. The molecule has 106 valence electrons. The molecule has 1 aliphatic rings. The van der Waals surface area contributed by atoms with Gasteiger partial charge in [0.15, 0.2) is 0 Å². The van der Waals surface area contributed by atoms with Crippen molar-refractivity contribution in [2.24, 2.45) is 5.73 Å². The van der Waals surface area contributed by atoms with Crippen molar-refractivity contribution in [3.8, 4) is 0 Å². The predicted octanol–water partition coefficient (Wildman–Crippen LogP) is 0.575. The van der Waals surface area contributed by atoms with Crippen molar-refractivity contribution in [1.29, 1.82) is 0 Å². The van der Waals surface area contributed by atoms with Crippen molar-refractivity contribution in [1.82, 2.24) is 10.2 Å². The van der Waals surface area contributed by atoms with E-state index in [4.69, 9.17) is 5.73 Å². The summed E-state index contributed by atoms with van der Waals surface area (Å²) >= 11 is 1.54. The van der Waals surface area contributed by atoms with E-state index < -0.39 is 0 Å². The number of unbranched alkanes of at least 4 members (excludes halogenated alkanes) is 1. The van der Waals surface area contributed by atoms with E-state index in [1.165, 1.54) is 0 Å². The fourth-order valence-corrected chi connectivity index (χ4v) is 2.59. The molecule has 1 unspecified atom stereocenters. The number of nitrogens with one attached hydrogen (secondary N) is 1. The summed E-state index contributed by atoms with van der Waals surface area (Å²) in [6.07, 6.45) is 3.05. The van der Waals surface area contributed by atoms with Gasteiger partial charge in [-0.2, -0.15) is 0 Å². The summed E-state index contributed by atoms with van der Waals surface area (Å²) in [5, 5.41) is 2.88. The van der Waals surface area contributed by atoms with E-state index in [1.54, 1.807) is 16.7 Å². The van der Waals surface area contributed by atoms with Gasteiger partial charge in [0.05, 0.1) is 11.6 Å². The number of hydrogen-bond acceptors (Lipinski definition) is 4. The Morgan fingerprint density at radius 1 is 1.61 bits per heavy atom. The van der Waals surface area contributed by atoms with Crippen LogP contribution in [0.15, 0.2) is 0 Å². The van der Waals surface area contributed by atoms with Gasteiger partial charge in [-0.3, -0.25) is 9.59 Å². The third-order valence-electron chi connectivity index (χ3n) is 2.72. The van der Waals surface area contributed by atoms with Gasteiger partial charge in [-0.25, -0.2) is 0 Å². The largest absolute Gasteiger partial charge is 0.351 e. The zero-order valence-electron chi connectivity index (χ0n) is 10.7. The minimum absolute atomic E-state index is 0. The number of halogens is 1. The number of rotatable bonds is 7. The van der Waals surface area contributed by atoms with Crippen LogP contribution in [0.5, 0.6) is 0 Å². The molecule has 2 amide bonds. The fraction of sp³-hybridized carbons (Fsp3) is 0.818. The normalized spacial score (nSPS) is 16.3. The molecule has 3 N–H and O–H groups in total. The van der Waals surface area contributed by atoms with Crippen molar-refractivity contribution in [3.63, 3.8) is 0 Å². The fourth-order valence-electron chi connectivity index (χ4n) is 1.69. The van der Waals surface area contributed by atoms with Gasteiger partial charge in [0.2, 0.25) is 11.8 Å². The van der Waals surface area contributed by atoms with Crippen LogP contribution in [0.1, 0.15) is 26.2 Å². The Hall–Kier alpha value is -0.460. The van der Waals surface area contributed by atoms with Gasteiger partial charge in [-0.15, -0.1) is 24.2 Å². The molecule has 1 rings (SSSR count). The number of nitrogens with two attached hydrogens (primary N) is 1. The molecule has 1 fully saturated rings. The van der Waals surface area contributed by atoms with Crippen LogP contribution in [-0.4, -0.2) is 47.5 Å². The lowest BCUT2D eigenvalue weighted by atomic mass is 10.1. The van der Waals surface area contributed by atoms with Gasteiger partial charge < -0.3 is 16.0 Å². The monoisotopic (exact) mass is 295 g/mol. The molecule has 0 spiro atoms. The predicted molar refractivity (Wildman–Crippen MR) is 76.8 cm³/mol. The van der Waals surface area contributed by atoms with Crippen LogP contribution in [-0.2, 0) is 9.59 Å². The highest BCUT2D eigenvalue weighted by atomic mass is 35.5. The number of hydrogen-bond donors (Lipinski definition) is 2. The first-order valence-corrected chi connectivity index (χ1v) is 7.17. The minimum atomic E-state index is -0.104. The third-order valence-corrected chi connectivity index (χ3v) is 3.66. The second kappa shape index (κ2) is 9.47. The van der Waals surface area contributed by atoms with E-state index in [-0.39, 0.29) is 36.8 Å². The summed E-state index contributed by atoms with van der Waals surface area (Å²) in [5.74, 6) is 1.05. The van der Waals surface area contributed by atoms with Gasteiger partial charge in [0, 0.05) is 12.6 Å². The second-order valence-electron chi connectivity index (χ2n) is 4.21. The Morgan fingerprint density at radius 3 is 2.83 bits per heavy atom. The quantitative estimate of drug-likeness (QED) is 0.720. The minimum Gasteiger partial charge on any atom is -0.351 e. The average Bonchev–Trinajstić information content (AvgIpc) is 2.70. The maximum Gasteiger partial charge on any atom is 0.239 e. The number of carbonyl (C=O) groups is 2. The SMILES string of the molecule is CCCCC(CN)NC(=O)CN1CSCC1=O.Cl. The van der Waals surface area contributed by atoms with Crippen LogP contribution >= 0.6 is 24.2 Å². The first kappa shape index (κ1) is 17.5. The van der Waals surface area contributed by atoms with Crippen LogP contribution in [0.25, 0.3) is 0 Å². The molecule has 0 aliphatic carbocycles. The molecule has 7 heteroatoms. The van der Waals surface area contributed by atoms with Gasteiger partial charge in [0.25, 0.3) is 0 Å². The topological polar surface area (TPSA) is 75.4 Å². The summed E-state index contributed by atoms with van der Waals surface area (Å²) in [4.78, 5) is 24.6. The summed E-state index contributed by atoms with van der Waals surface area (Å²) in [5.41, 5.74) is 5.60. The Labute approximate surface area is 119 Å². The molecule has 0 radical (unpaired) electrons. The van der Waals surface area contributed by atoms with Crippen molar-refractivity contribution >= 4 is 36.0 Å². The zero-order valence-corrected chi connectivity index (χ0v) is 12.3. The van der Waals surface area contributed by atoms with Crippen molar-refractivity contribution in [2.45, 2.75) is 32.2 Å². The van der Waals surface area contributed by atoms with E-state index in [0.29, 0.717) is 18.2 Å². The Morgan fingerprint density at radius 2 is 2.33 bits per heavy atom. The first-order chi connectivity index (χ1) is 8.17. The molecule has 1 atom stereocenters. The molecule has 0 bridgehead atoms. The Balaban J connectivity index is 0.00000289. The van der Waals surface area contributed by atoms with Crippen molar-refractivity contribution in [2.75, 3.05) is 24.7 Å². The molecular formula is C11H22ClN3O2S. The van der Waals surface area contributed by atoms with Crippen LogP contribution in [0.3, 0.4) is 0 Å². The van der Waals surface area contributed by atoms with Crippen LogP contribution in [0.2, 0.25) is 0 Å². The molecule has 5 nitrogen and oxygen atoms in total. The summed E-state index contributed by atoms with van der Waals surface area (Å²) in [7, 11) is 0. The number of thioether (sulfide) groups is 1. The van der Waals surface area contributed by atoms with E-state index in [9.17, 15) is 9.59 Å². The standard InChI is InChI=1S/C11H21N3O2S.ClH/c1-2-3-4-9(5-12)13-10(15)6-14-8-17-7-11(14)16;/h9H,2-8,12H2,1H3,(H,13,15);1H. The molecule has 0 aromatic heterocycles. The summed E-state index contributed by atoms with van der Waals surface area (Å²) < 4.78 is 0. The van der Waals surface area contributed by atoms with Gasteiger partial charge in [-0.1, -0.05) is 19.8 Å². The molecule has 0 aromatic carbocycles. The second-order valence-corrected chi connectivity index (χ2v) is 5.17. The smallest absolute Gasteiger partial charge is 0.239 e. The highest BCUT2D eigenvalue weighted by Gasteiger charge is 2.23. The van der Waals surface area contributed by atoms with Gasteiger partial charge in [0.1, 0.15) is 6.54 Å². The Bertz CT molecular complexity index is 279. The van der Waals surface area contributed by atoms with Gasteiger partial charge in [-0.05, 0) is 6.42 Å². The average molecular weight is 296 g/mol. The van der Waals surface area contributed by atoms with Crippen LogP contribution in [0, 0.1) is 0 Å². The molecule has 1 saturated heterocycles. The first-order valence-electron chi connectivity index (χ1n) is 6.02. The summed E-state index contributed by atoms with van der Waals surface area (Å²) in [6.45, 7) is 2.72. The highest BCUT2D eigenvalue weighted by molar-refractivity contribution is 8.00. The zero-order chi connectivity index (χ0) is 12.7. The van der Waals surface area contributed by atoms with E-state index >= 15 is 0 Å². The summed E-state index contributed by atoms with van der Waals surface area (Å²) in [6, 6.07) is 0.0350. The number of nitrogens with zero attached hydrogens (tertiary/aromatic N) is 1. The van der Waals surface area contributed by atoms with E-state index in [2.05, 4.69) is 12.2 Å². The van der Waals surface area contributed by atoms with E-state index in [0.717, 1.165) is 19.3 Å². The van der Waals surface area contributed by atoms with Crippen molar-refractivity contribution in [3.05, 3.63) is 0 Å². The molecule has 1 aliphatic heterocycles. The lowest BCUT2D eigenvalue weighted by Gasteiger charge is -2.19. The number of amides is 2. The molecule has 18 heavy (non-hydrogen) atoms. The lowest BCUT2D eigenvalue weighted by Crippen LogP contribution is -2.45. The molecular weight excluding hydrogens is 274 g/mol. The maximum absolute atomic E-state index is 11.7. The molecule has 0 aromatic rings. The lowest BCUT2D eigenvalue weighted by molar-refractivity contribution is -0.132. The van der Waals surface area contributed by atoms with Crippen LogP contribution in [0.4, 0.5) is 0 Å². The highest BCUT2D eigenvalue weighted by Crippen LogP contribution is 2.14. The third kappa shape index (κ3) is 5.93.